The topological polar surface area (TPSA) is 69.3 Å². The van der Waals surface area contributed by atoms with Gasteiger partial charge in [-0.05, 0) is 30.2 Å². The molecule has 1 aliphatic rings. The van der Waals surface area contributed by atoms with E-state index in [-0.39, 0.29) is 29.8 Å². The first-order valence-electron chi connectivity index (χ1n) is 10.4. The number of rotatable bonds is 4. The van der Waals surface area contributed by atoms with Crippen LogP contribution >= 0.6 is 0 Å². The third-order valence-corrected chi connectivity index (χ3v) is 6.00. The highest BCUT2D eigenvalue weighted by Crippen LogP contribution is 2.20. The molecule has 0 spiro atoms. The van der Waals surface area contributed by atoms with E-state index in [2.05, 4.69) is 24.8 Å². The predicted molar refractivity (Wildman–Crippen MR) is 118 cm³/mol. The monoisotopic (exact) mass is 402 g/mol. The number of aromatic nitrogens is 1. The molecule has 0 radical (unpaired) electrons. The molecule has 1 saturated heterocycles. The largest absolute Gasteiger partial charge is 0.339 e. The fourth-order valence-electron chi connectivity index (χ4n) is 4.38. The second-order valence-corrected chi connectivity index (χ2v) is 8.18. The van der Waals surface area contributed by atoms with Gasteiger partial charge in [0.25, 0.3) is 0 Å². The van der Waals surface area contributed by atoms with Crippen molar-refractivity contribution in [2.75, 3.05) is 26.2 Å². The second kappa shape index (κ2) is 8.29. The number of amides is 1. The minimum Gasteiger partial charge on any atom is -0.339 e. The van der Waals surface area contributed by atoms with Crippen LogP contribution in [0.2, 0.25) is 0 Å². The molecule has 6 nitrogen and oxygen atoms in total. The van der Waals surface area contributed by atoms with Gasteiger partial charge in [-0.15, -0.1) is 0 Å². The minimum atomic E-state index is -0.117. The van der Waals surface area contributed by atoms with Crippen molar-refractivity contribution in [3.63, 3.8) is 0 Å². The first-order chi connectivity index (χ1) is 14.5. The van der Waals surface area contributed by atoms with Crippen LogP contribution in [0.5, 0.6) is 0 Å². The summed E-state index contributed by atoms with van der Waals surface area (Å²) >= 11 is 0. The van der Waals surface area contributed by atoms with E-state index in [1.807, 2.05) is 58.0 Å². The van der Waals surface area contributed by atoms with Crippen LogP contribution in [0.4, 0.5) is 0 Å². The van der Waals surface area contributed by atoms with Gasteiger partial charge in [-0.3, -0.25) is 14.5 Å². The predicted octanol–water partition coefficient (Wildman–Crippen LogP) is 2.85. The van der Waals surface area contributed by atoms with Crippen molar-refractivity contribution in [1.29, 1.82) is 5.26 Å². The highest BCUT2D eigenvalue weighted by molar-refractivity contribution is 5.94. The Bertz CT molecular complexity index is 1120. The van der Waals surface area contributed by atoms with E-state index < -0.39 is 0 Å². The smallest absolute Gasteiger partial charge is 0.242 e. The number of fused-ring (bicyclic) bond motifs is 2. The molecule has 6 heteroatoms. The summed E-state index contributed by atoms with van der Waals surface area (Å²) in [6.07, 6.45) is 0. The molecule has 1 fully saturated rings. The lowest BCUT2D eigenvalue weighted by Gasteiger charge is -2.38. The van der Waals surface area contributed by atoms with Crippen LogP contribution in [0, 0.1) is 17.2 Å². The molecule has 2 aromatic carbocycles. The van der Waals surface area contributed by atoms with E-state index in [1.165, 1.54) is 0 Å². The number of benzene rings is 2. The summed E-state index contributed by atoms with van der Waals surface area (Å²) in [4.78, 5) is 30.1. The number of piperazine rings is 1. The van der Waals surface area contributed by atoms with Crippen LogP contribution in [0.1, 0.15) is 13.8 Å². The molecule has 1 aromatic heterocycles. The Morgan fingerprint density at radius 3 is 2.00 bits per heavy atom. The lowest BCUT2D eigenvalue weighted by atomic mass is 10.0. The van der Waals surface area contributed by atoms with E-state index >= 15 is 0 Å². The van der Waals surface area contributed by atoms with Gasteiger partial charge in [0.1, 0.15) is 12.6 Å². The molecule has 1 amide bonds. The van der Waals surface area contributed by atoms with Gasteiger partial charge in [0, 0.05) is 37.0 Å². The lowest BCUT2D eigenvalue weighted by Crippen LogP contribution is -2.53. The first-order valence-corrected chi connectivity index (χ1v) is 10.4. The first kappa shape index (κ1) is 20.1. The Labute approximate surface area is 175 Å². The summed E-state index contributed by atoms with van der Waals surface area (Å²) in [5.74, 6) is 0.294. The molecule has 4 rings (SSSR count). The van der Waals surface area contributed by atoms with Crippen LogP contribution in [0.3, 0.4) is 0 Å². The van der Waals surface area contributed by atoms with Gasteiger partial charge in [0.15, 0.2) is 5.43 Å². The van der Waals surface area contributed by atoms with E-state index in [0.29, 0.717) is 37.0 Å². The molecule has 1 atom stereocenters. The average Bonchev–Trinajstić information content (AvgIpc) is 2.77. The summed E-state index contributed by atoms with van der Waals surface area (Å²) in [6.45, 7) is 6.92. The van der Waals surface area contributed by atoms with Crippen LogP contribution in [0.15, 0.2) is 53.3 Å². The number of pyridine rings is 1. The average molecular weight is 402 g/mol. The molecule has 3 aromatic rings. The molecule has 0 N–H and O–H groups in total. The molecule has 1 unspecified atom stereocenters. The Kier molecular flexibility index (Phi) is 5.56. The van der Waals surface area contributed by atoms with Crippen molar-refractivity contribution in [3.8, 4) is 6.07 Å². The van der Waals surface area contributed by atoms with Crippen LogP contribution in [0.25, 0.3) is 21.8 Å². The van der Waals surface area contributed by atoms with E-state index in [4.69, 9.17) is 0 Å². The van der Waals surface area contributed by atoms with Gasteiger partial charge in [-0.1, -0.05) is 38.1 Å². The minimum absolute atomic E-state index is 0.00487. The van der Waals surface area contributed by atoms with Gasteiger partial charge < -0.3 is 9.47 Å². The molecule has 1 aliphatic heterocycles. The lowest BCUT2D eigenvalue weighted by molar-refractivity contribution is -0.133. The summed E-state index contributed by atoms with van der Waals surface area (Å²) in [6, 6.07) is 17.2. The number of hydrogen-bond donors (Lipinski definition) is 0. The van der Waals surface area contributed by atoms with Crippen LogP contribution in [-0.2, 0) is 11.3 Å². The summed E-state index contributed by atoms with van der Waals surface area (Å²) < 4.78 is 1.95. The molecular formula is C24H26N4O2. The Balaban J connectivity index is 1.61. The summed E-state index contributed by atoms with van der Waals surface area (Å²) in [7, 11) is 0. The van der Waals surface area contributed by atoms with Gasteiger partial charge in [-0.2, -0.15) is 5.26 Å². The Morgan fingerprint density at radius 1 is 0.967 bits per heavy atom. The van der Waals surface area contributed by atoms with Crippen molar-refractivity contribution in [2.45, 2.75) is 26.4 Å². The van der Waals surface area contributed by atoms with Gasteiger partial charge in [-0.25, -0.2) is 0 Å². The number of carbonyl (C=O) groups is 1. The van der Waals surface area contributed by atoms with Gasteiger partial charge in [0.2, 0.25) is 5.91 Å². The van der Waals surface area contributed by atoms with Crippen molar-refractivity contribution in [1.82, 2.24) is 14.4 Å². The third kappa shape index (κ3) is 3.57. The van der Waals surface area contributed by atoms with E-state index in [0.717, 1.165) is 11.0 Å². The number of nitrogens with zero attached hydrogens (tertiary/aromatic N) is 4. The fraction of sp³-hybridized carbons (Fsp3) is 0.375. The normalized spacial score (nSPS) is 16.1. The highest BCUT2D eigenvalue weighted by atomic mass is 16.2. The molecule has 2 heterocycles. The molecule has 30 heavy (non-hydrogen) atoms. The zero-order valence-electron chi connectivity index (χ0n) is 17.4. The van der Waals surface area contributed by atoms with Crippen molar-refractivity contribution >= 4 is 27.7 Å². The molecule has 0 saturated carbocycles. The second-order valence-electron chi connectivity index (χ2n) is 8.18. The maximum absolute atomic E-state index is 13.2. The van der Waals surface area contributed by atoms with Gasteiger partial charge >= 0.3 is 0 Å². The molecule has 0 aliphatic carbocycles. The Hall–Kier alpha value is -3.17. The quantitative estimate of drug-likeness (QED) is 0.630. The van der Waals surface area contributed by atoms with Crippen LogP contribution < -0.4 is 5.43 Å². The zero-order chi connectivity index (χ0) is 21.3. The molecule has 0 bridgehead atoms. The molecule has 154 valence electrons. The van der Waals surface area contributed by atoms with Crippen molar-refractivity contribution in [2.24, 2.45) is 5.92 Å². The summed E-state index contributed by atoms with van der Waals surface area (Å²) in [5, 5.41) is 10.7. The van der Waals surface area contributed by atoms with Crippen molar-refractivity contribution in [3.05, 3.63) is 58.8 Å². The summed E-state index contributed by atoms with van der Waals surface area (Å²) in [5.41, 5.74) is 1.55. The Morgan fingerprint density at radius 2 is 1.50 bits per heavy atom. The number of hydrogen-bond acceptors (Lipinski definition) is 4. The van der Waals surface area contributed by atoms with Gasteiger partial charge in [0.05, 0.1) is 17.1 Å². The number of para-hydroxylation sites is 2. The maximum atomic E-state index is 13.2. The fourth-order valence-corrected chi connectivity index (χ4v) is 4.38. The van der Waals surface area contributed by atoms with Crippen LogP contribution in [-0.4, -0.2) is 52.5 Å². The van der Waals surface area contributed by atoms with Crippen molar-refractivity contribution < 1.29 is 4.79 Å². The zero-order valence-corrected chi connectivity index (χ0v) is 17.4. The van der Waals surface area contributed by atoms with E-state index in [9.17, 15) is 14.9 Å². The SMILES string of the molecule is CC(C)C(C#N)N1CCN(C(=O)Cn2c3ccccc3c(=O)c3ccccc32)CC1. The number of nitriles is 1. The standard InChI is InChI=1S/C24H26N4O2/c1-17(2)22(15-25)26-11-13-27(14-12-26)23(29)16-28-20-9-5-3-7-18(20)24(30)19-8-4-6-10-21(19)28/h3-10,17,22H,11-14,16H2,1-2H3. The molecular weight excluding hydrogens is 376 g/mol. The third-order valence-electron chi connectivity index (χ3n) is 6.00. The number of carbonyl (C=O) groups excluding carboxylic acids is 1. The maximum Gasteiger partial charge on any atom is 0.242 e. The highest BCUT2D eigenvalue weighted by Gasteiger charge is 2.28. The van der Waals surface area contributed by atoms with E-state index in [1.54, 1.807) is 0 Å².